The molecule has 2 N–H and O–H groups in total. The van der Waals surface area contributed by atoms with Gasteiger partial charge in [-0.1, -0.05) is 36.4 Å². The lowest BCUT2D eigenvalue weighted by atomic mass is 10.1. The van der Waals surface area contributed by atoms with Crippen molar-refractivity contribution in [2.75, 3.05) is 13.7 Å². The Bertz CT molecular complexity index is 1200. The van der Waals surface area contributed by atoms with Gasteiger partial charge in [0.2, 0.25) is 0 Å². The Morgan fingerprint density at radius 1 is 0.971 bits per heavy atom. The van der Waals surface area contributed by atoms with Crippen molar-refractivity contribution in [2.24, 2.45) is 5.10 Å². The van der Waals surface area contributed by atoms with E-state index in [0.29, 0.717) is 22.4 Å². The molecule has 0 bridgehead atoms. The number of ether oxygens (including phenoxy) is 2. The van der Waals surface area contributed by atoms with E-state index in [0.717, 1.165) is 9.13 Å². The van der Waals surface area contributed by atoms with E-state index in [4.69, 9.17) is 9.47 Å². The number of halogens is 1. The quantitative estimate of drug-likeness (QED) is 0.177. The third-order valence-electron chi connectivity index (χ3n) is 4.61. The summed E-state index contributed by atoms with van der Waals surface area (Å²) in [5.41, 5.74) is 4.89. The maximum absolute atomic E-state index is 12.2. The minimum absolute atomic E-state index is 0.207. The lowest BCUT2D eigenvalue weighted by molar-refractivity contribution is -0.120. The van der Waals surface area contributed by atoms with Crippen LogP contribution in [0.15, 0.2) is 77.9 Å². The van der Waals surface area contributed by atoms with Crippen molar-refractivity contribution in [2.45, 2.75) is 6.61 Å². The third-order valence-corrected chi connectivity index (χ3v) is 5.55. The van der Waals surface area contributed by atoms with Gasteiger partial charge in [0.05, 0.1) is 31.0 Å². The van der Waals surface area contributed by atoms with Gasteiger partial charge < -0.3 is 14.8 Å². The molecule has 0 atom stereocenters. The fourth-order valence-electron chi connectivity index (χ4n) is 2.85. The third kappa shape index (κ3) is 7.14. The Morgan fingerprint density at radius 3 is 2.41 bits per heavy atom. The van der Waals surface area contributed by atoms with Crippen LogP contribution in [0, 0.1) is 3.57 Å². The number of amides is 2. The van der Waals surface area contributed by atoms with Gasteiger partial charge in [-0.15, -0.1) is 0 Å². The molecule has 34 heavy (non-hydrogen) atoms. The topological polar surface area (TPSA) is 106 Å². The maximum atomic E-state index is 12.2. The SMILES string of the molecule is COC(=O)c1ccc(COc2ccccc2/C=N/NC(=O)CNC(=O)c2ccccc2I)cc1. The van der Waals surface area contributed by atoms with Crippen molar-refractivity contribution in [3.05, 3.63) is 98.6 Å². The van der Waals surface area contributed by atoms with E-state index in [1.807, 2.05) is 24.3 Å². The van der Waals surface area contributed by atoms with E-state index in [1.165, 1.54) is 13.3 Å². The van der Waals surface area contributed by atoms with Gasteiger partial charge >= 0.3 is 5.97 Å². The standard InChI is InChI=1S/C25H22IN3O5/c1-33-25(32)18-12-10-17(11-13-18)16-34-22-9-5-2-6-19(22)14-28-29-23(30)15-27-24(31)20-7-3-4-8-21(20)26/h2-14H,15-16H2,1H3,(H,27,31)(H,29,30)/b28-14+. The smallest absolute Gasteiger partial charge is 0.337 e. The molecular formula is C25H22IN3O5. The van der Waals surface area contributed by atoms with E-state index in [9.17, 15) is 14.4 Å². The van der Waals surface area contributed by atoms with Crippen LogP contribution in [0.4, 0.5) is 0 Å². The largest absolute Gasteiger partial charge is 0.488 e. The number of hydrogen-bond donors (Lipinski definition) is 2. The van der Waals surface area contributed by atoms with Crippen molar-refractivity contribution in [3.63, 3.8) is 0 Å². The van der Waals surface area contributed by atoms with Crippen LogP contribution in [-0.4, -0.2) is 37.7 Å². The van der Waals surface area contributed by atoms with Crippen molar-refractivity contribution >= 4 is 46.6 Å². The summed E-state index contributed by atoms with van der Waals surface area (Å²) in [5.74, 6) is -0.614. The number of carbonyl (C=O) groups is 3. The highest BCUT2D eigenvalue weighted by atomic mass is 127. The van der Waals surface area contributed by atoms with Crippen molar-refractivity contribution in [1.29, 1.82) is 0 Å². The molecule has 3 aromatic rings. The van der Waals surface area contributed by atoms with E-state index >= 15 is 0 Å². The predicted molar refractivity (Wildman–Crippen MR) is 136 cm³/mol. The summed E-state index contributed by atoms with van der Waals surface area (Å²) in [6.07, 6.45) is 1.47. The molecule has 0 aliphatic carbocycles. The molecule has 0 saturated carbocycles. The Kier molecular flexibility index (Phi) is 9.15. The summed E-state index contributed by atoms with van der Waals surface area (Å²) >= 11 is 2.07. The molecule has 8 nitrogen and oxygen atoms in total. The van der Waals surface area contributed by atoms with Gasteiger partial charge in [-0.3, -0.25) is 9.59 Å². The molecule has 0 heterocycles. The number of nitrogens with zero attached hydrogens (tertiary/aromatic N) is 1. The van der Waals surface area contributed by atoms with Crippen LogP contribution in [0.2, 0.25) is 0 Å². The number of carbonyl (C=O) groups excluding carboxylic acids is 3. The Balaban J connectivity index is 1.51. The van der Waals surface area contributed by atoms with Gasteiger partial charge in [-0.05, 0) is 64.6 Å². The molecule has 0 fully saturated rings. The van der Waals surface area contributed by atoms with Gasteiger partial charge in [0.1, 0.15) is 12.4 Å². The van der Waals surface area contributed by atoms with Gasteiger partial charge in [-0.25, -0.2) is 10.2 Å². The number of rotatable bonds is 9. The minimum atomic E-state index is -0.459. The first-order valence-corrected chi connectivity index (χ1v) is 11.3. The summed E-state index contributed by atoms with van der Waals surface area (Å²) in [6.45, 7) is 0.0733. The highest BCUT2D eigenvalue weighted by Crippen LogP contribution is 2.18. The molecule has 0 radical (unpaired) electrons. The average Bonchev–Trinajstić information content (AvgIpc) is 2.86. The molecular weight excluding hydrogens is 549 g/mol. The van der Waals surface area contributed by atoms with E-state index < -0.39 is 11.9 Å². The first-order valence-electron chi connectivity index (χ1n) is 10.2. The number of benzene rings is 3. The van der Waals surface area contributed by atoms with Crippen LogP contribution >= 0.6 is 22.6 Å². The lowest BCUT2D eigenvalue weighted by Gasteiger charge is -2.09. The zero-order valence-electron chi connectivity index (χ0n) is 18.3. The van der Waals surface area contributed by atoms with E-state index in [-0.39, 0.29) is 19.1 Å². The highest BCUT2D eigenvalue weighted by Gasteiger charge is 2.10. The van der Waals surface area contributed by atoms with Crippen molar-refractivity contribution < 1.29 is 23.9 Å². The minimum Gasteiger partial charge on any atom is -0.488 e. The molecule has 9 heteroatoms. The average molecular weight is 571 g/mol. The van der Waals surface area contributed by atoms with Crippen LogP contribution in [0.3, 0.4) is 0 Å². The maximum Gasteiger partial charge on any atom is 0.337 e. The van der Waals surface area contributed by atoms with Gasteiger partial charge in [0, 0.05) is 9.13 Å². The van der Waals surface area contributed by atoms with Crippen LogP contribution in [0.1, 0.15) is 31.8 Å². The summed E-state index contributed by atoms with van der Waals surface area (Å²) < 4.78 is 11.4. The molecule has 2 amide bonds. The molecule has 174 valence electrons. The summed E-state index contributed by atoms with van der Waals surface area (Å²) in [6, 6.07) is 21.2. The monoisotopic (exact) mass is 571 g/mol. The van der Waals surface area contributed by atoms with Crippen molar-refractivity contribution in [3.8, 4) is 5.75 Å². The molecule has 3 aromatic carbocycles. The fourth-order valence-corrected chi connectivity index (χ4v) is 3.48. The van der Waals surface area contributed by atoms with Gasteiger partial charge in [0.15, 0.2) is 0 Å². The Hall–Kier alpha value is -3.73. The lowest BCUT2D eigenvalue weighted by Crippen LogP contribution is -2.35. The van der Waals surface area contributed by atoms with E-state index in [1.54, 1.807) is 48.5 Å². The second kappa shape index (κ2) is 12.5. The summed E-state index contributed by atoms with van der Waals surface area (Å²) in [4.78, 5) is 35.8. The van der Waals surface area contributed by atoms with Gasteiger partial charge in [0.25, 0.3) is 11.8 Å². The van der Waals surface area contributed by atoms with Crippen LogP contribution < -0.4 is 15.5 Å². The van der Waals surface area contributed by atoms with Crippen molar-refractivity contribution in [1.82, 2.24) is 10.7 Å². The predicted octanol–water partition coefficient (Wildman–Crippen LogP) is 3.54. The zero-order valence-corrected chi connectivity index (χ0v) is 20.4. The number of hydrazone groups is 1. The van der Waals surface area contributed by atoms with Crippen LogP contribution in [0.25, 0.3) is 0 Å². The number of nitrogens with one attached hydrogen (secondary N) is 2. The van der Waals surface area contributed by atoms with Crippen LogP contribution in [-0.2, 0) is 16.1 Å². The number of para-hydroxylation sites is 1. The normalized spacial score (nSPS) is 10.5. The summed E-state index contributed by atoms with van der Waals surface area (Å²) in [5, 5.41) is 6.53. The molecule has 0 spiro atoms. The molecule has 0 unspecified atom stereocenters. The molecule has 0 aliphatic rings. The first kappa shape index (κ1) is 24.9. The molecule has 0 aliphatic heterocycles. The van der Waals surface area contributed by atoms with E-state index in [2.05, 4.69) is 38.4 Å². The second-order valence-electron chi connectivity index (χ2n) is 6.97. The number of hydrogen-bond acceptors (Lipinski definition) is 6. The highest BCUT2D eigenvalue weighted by molar-refractivity contribution is 14.1. The van der Waals surface area contributed by atoms with Crippen LogP contribution in [0.5, 0.6) is 5.75 Å². The molecule has 3 rings (SSSR count). The number of methoxy groups -OCH3 is 1. The fraction of sp³-hybridized carbons (Fsp3) is 0.120. The second-order valence-corrected chi connectivity index (χ2v) is 8.13. The summed E-state index contributed by atoms with van der Waals surface area (Å²) in [7, 11) is 1.33. The van der Waals surface area contributed by atoms with Gasteiger partial charge in [-0.2, -0.15) is 5.10 Å². The molecule has 0 saturated heterocycles. The Morgan fingerprint density at radius 2 is 1.68 bits per heavy atom. The molecule has 0 aromatic heterocycles. The first-order chi connectivity index (χ1) is 16.5. The zero-order chi connectivity index (χ0) is 24.3. The Labute approximate surface area is 210 Å². The number of esters is 1.